The lowest BCUT2D eigenvalue weighted by Gasteiger charge is -2.36. The van der Waals surface area contributed by atoms with Crippen LogP contribution in [0.5, 0.6) is 0 Å². The van der Waals surface area contributed by atoms with Gasteiger partial charge in [-0.1, -0.05) is 48.7 Å². The highest BCUT2D eigenvalue weighted by Crippen LogP contribution is 2.33. The molecule has 0 radical (unpaired) electrons. The number of aliphatic carboxylic acids is 2. The van der Waals surface area contributed by atoms with Crippen molar-refractivity contribution in [2.24, 2.45) is 5.92 Å². The Morgan fingerprint density at radius 1 is 1.10 bits per heavy atom. The van der Waals surface area contributed by atoms with Crippen LogP contribution in [0.4, 0.5) is 0 Å². The molecule has 1 aromatic carbocycles. The molecule has 0 spiro atoms. The largest absolute Gasteiger partial charge is 0.478 e. The highest BCUT2D eigenvalue weighted by Gasteiger charge is 2.23. The van der Waals surface area contributed by atoms with Gasteiger partial charge < -0.3 is 15.5 Å². The highest BCUT2D eigenvalue weighted by atomic mass is 35.5. The third-order valence-electron chi connectivity index (χ3n) is 4.29. The molecule has 1 heterocycles. The van der Waals surface area contributed by atoms with Gasteiger partial charge in [-0.3, -0.25) is 4.90 Å². The smallest absolute Gasteiger partial charge is 0.328 e. The number of carbonyl (C=O) groups is 2. The fraction of sp³-hybridized carbons (Fsp3) is 0.500. The average molecular weight is 466 g/mol. The summed E-state index contributed by atoms with van der Waals surface area (Å²) in [6, 6.07) is 4.17. The fourth-order valence-electron chi connectivity index (χ4n) is 3.04. The maximum absolute atomic E-state index is 9.55. The Bertz CT molecular complexity index is 704. The molecule has 1 aromatic rings. The molecule has 162 valence electrons. The summed E-state index contributed by atoms with van der Waals surface area (Å²) in [6.07, 6.45) is 3.45. The summed E-state index contributed by atoms with van der Waals surface area (Å²) in [5.74, 6) is -1.91. The number of halogens is 3. The van der Waals surface area contributed by atoms with Crippen LogP contribution in [0.25, 0.3) is 0 Å². The van der Waals surface area contributed by atoms with Crippen molar-refractivity contribution in [3.05, 3.63) is 44.9 Å². The number of carboxylic acid groups (broad SMARTS) is 2. The fourth-order valence-corrected chi connectivity index (χ4v) is 3.71. The molecule has 2 rings (SSSR count). The van der Waals surface area contributed by atoms with Crippen molar-refractivity contribution in [3.63, 3.8) is 0 Å². The third-order valence-corrected chi connectivity index (χ3v) is 5.49. The Balaban J connectivity index is 0.000000447. The monoisotopic (exact) mass is 464 g/mol. The molecule has 0 saturated carbocycles. The molecule has 1 aliphatic rings. The molecule has 1 saturated heterocycles. The normalized spacial score (nSPS) is 14.9. The van der Waals surface area contributed by atoms with Crippen molar-refractivity contribution in [1.29, 1.82) is 0 Å². The number of benzene rings is 1. The second-order valence-electron chi connectivity index (χ2n) is 7.14. The van der Waals surface area contributed by atoms with Gasteiger partial charge in [0, 0.05) is 41.9 Å². The SMILES string of the molecule is CC(C)CN(Cc1c(Cl)ccc(Cl)c1Cl)C1CCNCC1.O=C(O)/C=C/C(=O)O. The number of hydrogen-bond acceptors (Lipinski definition) is 4. The Morgan fingerprint density at radius 3 is 2.10 bits per heavy atom. The van der Waals surface area contributed by atoms with Crippen LogP contribution in [0, 0.1) is 5.92 Å². The standard InChI is InChI=1S/C16H23Cl3N2.C4H4O4/c1-11(2)9-21(12-5-7-20-8-6-12)10-13-14(17)3-4-15(18)16(13)19;5-3(6)1-2-4(7)8/h3-4,11-12,20H,5-10H2,1-2H3;1-2H,(H,5,6)(H,7,8)/b;2-1+. The summed E-state index contributed by atoms with van der Waals surface area (Å²) >= 11 is 18.8. The summed E-state index contributed by atoms with van der Waals surface area (Å²) < 4.78 is 0. The van der Waals surface area contributed by atoms with Crippen LogP contribution in [-0.4, -0.2) is 52.7 Å². The van der Waals surface area contributed by atoms with Crippen LogP contribution in [0.15, 0.2) is 24.3 Å². The third kappa shape index (κ3) is 9.83. The zero-order chi connectivity index (χ0) is 22.0. The van der Waals surface area contributed by atoms with Gasteiger partial charge in [-0.25, -0.2) is 9.59 Å². The van der Waals surface area contributed by atoms with Crippen molar-refractivity contribution in [2.45, 2.75) is 39.3 Å². The molecule has 0 atom stereocenters. The second kappa shape index (κ2) is 13.1. The van der Waals surface area contributed by atoms with E-state index in [4.69, 9.17) is 45.0 Å². The van der Waals surface area contributed by atoms with E-state index >= 15 is 0 Å². The van der Waals surface area contributed by atoms with Gasteiger partial charge in [0.05, 0.1) is 10.0 Å². The quantitative estimate of drug-likeness (QED) is 0.404. The Hall–Kier alpha value is -1.31. The van der Waals surface area contributed by atoms with Crippen molar-refractivity contribution in [1.82, 2.24) is 10.2 Å². The minimum atomic E-state index is -1.26. The van der Waals surface area contributed by atoms with Crippen molar-refractivity contribution >= 4 is 46.7 Å². The molecule has 1 fully saturated rings. The Morgan fingerprint density at radius 2 is 1.62 bits per heavy atom. The number of nitrogens with zero attached hydrogens (tertiary/aromatic N) is 1. The molecular formula is C20H27Cl3N2O4. The summed E-state index contributed by atoms with van der Waals surface area (Å²) in [7, 11) is 0. The van der Waals surface area contributed by atoms with Crippen LogP contribution < -0.4 is 5.32 Å². The van der Waals surface area contributed by atoms with E-state index in [1.807, 2.05) is 6.07 Å². The molecule has 3 N–H and O–H groups in total. The molecule has 0 unspecified atom stereocenters. The van der Waals surface area contributed by atoms with E-state index < -0.39 is 11.9 Å². The van der Waals surface area contributed by atoms with Gasteiger partial charge in [0.1, 0.15) is 0 Å². The Labute approximate surface area is 186 Å². The summed E-state index contributed by atoms with van der Waals surface area (Å²) in [5, 5.41) is 20.9. The van der Waals surface area contributed by atoms with Gasteiger partial charge >= 0.3 is 11.9 Å². The number of piperidine rings is 1. The number of rotatable bonds is 7. The predicted octanol–water partition coefficient (Wildman–Crippen LogP) is 4.57. The number of hydrogen-bond donors (Lipinski definition) is 3. The predicted molar refractivity (Wildman–Crippen MR) is 117 cm³/mol. The van der Waals surface area contributed by atoms with Crippen LogP contribution in [0.3, 0.4) is 0 Å². The molecule has 9 heteroatoms. The van der Waals surface area contributed by atoms with Gasteiger partial charge in [0.15, 0.2) is 0 Å². The van der Waals surface area contributed by atoms with Gasteiger partial charge in [0.25, 0.3) is 0 Å². The van der Waals surface area contributed by atoms with Crippen molar-refractivity contribution < 1.29 is 19.8 Å². The van der Waals surface area contributed by atoms with Crippen molar-refractivity contribution in [3.8, 4) is 0 Å². The van der Waals surface area contributed by atoms with Crippen LogP contribution in [-0.2, 0) is 16.1 Å². The van der Waals surface area contributed by atoms with E-state index in [0.717, 1.165) is 31.7 Å². The second-order valence-corrected chi connectivity index (χ2v) is 8.33. The molecule has 29 heavy (non-hydrogen) atoms. The summed E-state index contributed by atoms with van der Waals surface area (Å²) in [4.78, 5) is 21.6. The van der Waals surface area contributed by atoms with E-state index in [0.29, 0.717) is 39.2 Å². The molecule has 0 aromatic heterocycles. The van der Waals surface area contributed by atoms with Crippen LogP contribution in [0.1, 0.15) is 32.3 Å². The first kappa shape index (κ1) is 25.7. The van der Waals surface area contributed by atoms with E-state index in [9.17, 15) is 9.59 Å². The summed E-state index contributed by atoms with van der Waals surface area (Å²) in [6.45, 7) is 8.46. The van der Waals surface area contributed by atoms with Gasteiger partial charge in [0.2, 0.25) is 0 Å². The lowest BCUT2D eigenvalue weighted by molar-refractivity contribution is -0.134. The van der Waals surface area contributed by atoms with Crippen molar-refractivity contribution in [2.75, 3.05) is 19.6 Å². The average Bonchev–Trinajstić information content (AvgIpc) is 2.66. The molecule has 1 aliphatic heterocycles. The van der Waals surface area contributed by atoms with Gasteiger partial charge in [-0.05, 0) is 44.0 Å². The Kier molecular flexibility index (Phi) is 11.6. The van der Waals surface area contributed by atoms with E-state index in [-0.39, 0.29) is 0 Å². The maximum Gasteiger partial charge on any atom is 0.328 e. The topological polar surface area (TPSA) is 89.9 Å². The molecule has 6 nitrogen and oxygen atoms in total. The minimum absolute atomic E-state index is 0.558. The van der Waals surface area contributed by atoms with Crippen LogP contribution >= 0.6 is 34.8 Å². The minimum Gasteiger partial charge on any atom is -0.478 e. The molecular weight excluding hydrogens is 439 g/mol. The molecule has 0 bridgehead atoms. The zero-order valence-electron chi connectivity index (χ0n) is 16.5. The first-order valence-corrected chi connectivity index (χ1v) is 10.5. The van der Waals surface area contributed by atoms with E-state index in [2.05, 4.69) is 24.1 Å². The lowest BCUT2D eigenvalue weighted by Crippen LogP contribution is -2.44. The number of nitrogens with one attached hydrogen (secondary N) is 1. The first-order valence-electron chi connectivity index (χ1n) is 9.32. The highest BCUT2D eigenvalue weighted by molar-refractivity contribution is 6.44. The molecule has 0 amide bonds. The van der Waals surface area contributed by atoms with Crippen LogP contribution in [0.2, 0.25) is 15.1 Å². The van der Waals surface area contributed by atoms with E-state index in [1.165, 1.54) is 12.8 Å². The lowest BCUT2D eigenvalue weighted by atomic mass is 10.0. The maximum atomic E-state index is 9.55. The number of carboxylic acids is 2. The zero-order valence-corrected chi connectivity index (χ0v) is 18.8. The van der Waals surface area contributed by atoms with Gasteiger partial charge in [-0.2, -0.15) is 0 Å². The van der Waals surface area contributed by atoms with E-state index in [1.54, 1.807) is 6.07 Å². The molecule has 0 aliphatic carbocycles. The van der Waals surface area contributed by atoms with Gasteiger partial charge in [-0.15, -0.1) is 0 Å². The first-order chi connectivity index (χ1) is 13.6. The summed E-state index contributed by atoms with van der Waals surface area (Å²) in [5.41, 5.74) is 0.949.